The van der Waals surface area contributed by atoms with E-state index in [2.05, 4.69) is 11.1 Å². The Balaban J connectivity index is 1.71. The van der Waals surface area contributed by atoms with Crippen molar-refractivity contribution in [3.05, 3.63) is 64.2 Å². The average molecular weight is 469 g/mol. The normalized spacial score (nSPS) is 26.1. The Morgan fingerprint density at radius 2 is 1.97 bits per heavy atom. The van der Waals surface area contributed by atoms with Crippen molar-refractivity contribution in [2.24, 2.45) is 5.92 Å². The number of rotatable bonds is 3. The summed E-state index contributed by atoms with van der Waals surface area (Å²) in [6.07, 6.45) is 3.18. The number of para-hydroxylation sites is 1. The number of H-pyrrole nitrogens is 1. The quantitative estimate of drug-likeness (QED) is 0.169. The topological polar surface area (TPSA) is 101 Å². The second kappa shape index (κ2) is 8.92. The number of quaternary nitrogens is 1. The molecule has 8 nitrogen and oxygen atoms in total. The number of nitrogens with zero attached hydrogens (tertiary/aromatic N) is 1. The lowest BCUT2D eigenvalue weighted by atomic mass is 9.77. The summed E-state index contributed by atoms with van der Waals surface area (Å²) >= 11 is 0. The van der Waals surface area contributed by atoms with Crippen LogP contribution in [0.3, 0.4) is 0 Å². The van der Waals surface area contributed by atoms with E-state index < -0.39 is 23.6 Å². The first-order valence-electron chi connectivity index (χ1n) is 11.6. The van der Waals surface area contributed by atoms with Crippen molar-refractivity contribution in [1.82, 2.24) is 4.98 Å². The average Bonchev–Trinajstić information content (AvgIpc) is 3.16. The molecule has 0 amide bonds. The number of carbonyl (C=O) groups excluding carboxylic acids is 2. The summed E-state index contributed by atoms with van der Waals surface area (Å²) in [7, 11) is 1.28. The molecule has 1 unspecified atom stereocenters. The number of methoxy groups -OCH3 is 1. The van der Waals surface area contributed by atoms with E-state index in [4.69, 9.17) is 14.2 Å². The lowest BCUT2D eigenvalue weighted by molar-refractivity contribution is -0.914. The standard InChI is InChI=1S/C26H32N2O6/c1-6-16-14-28(31)12-11-18-17-9-7-8-10-21(17)27-23(18)22(28)13-19(16)20(24(29)32-5)15-33-25(30)34-26(2,3)4/h6-10,15,19,22,27H,11-14H2,1-5H3/b16-6+,20-15-/t19-,22-,28?/m0/s1. The number of aromatic nitrogens is 1. The number of hydroxylamine groups is 3. The minimum Gasteiger partial charge on any atom is -0.632 e. The summed E-state index contributed by atoms with van der Waals surface area (Å²) in [5.74, 6) is -1.03. The van der Waals surface area contributed by atoms with Crippen molar-refractivity contribution >= 4 is 23.0 Å². The molecule has 0 saturated carbocycles. The number of hydrogen-bond donors (Lipinski definition) is 1. The van der Waals surface area contributed by atoms with Crippen LogP contribution in [0.2, 0.25) is 0 Å². The number of fused-ring (bicyclic) bond motifs is 5. The number of hydrogen-bond acceptors (Lipinski definition) is 6. The zero-order chi connectivity index (χ0) is 24.7. The minimum atomic E-state index is -0.906. The van der Waals surface area contributed by atoms with Crippen LogP contribution in [-0.4, -0.2) is 47.6 Å². The molecule has 1 N–H and O–H groups in total. The largest absolute Gasteiger partial charge is 0.632 e. The first kappa shape index (κ1) is 24.0. The number of aromatic amines is 1. The molecule has 0 radical (unpaired) electrons. The monoisotopic (exact) mass is 468 g/mol. The molecule has 1 aromatic carbocycles. The fourth-order valence-electron chi connectivity index (χ4n) is 5.16. The van der Waals surface area contributed by atoms with Crippen LogP contribution in [0.15, 0.2) is 47.7 Å². The molecule has 3 heterocycles. The smallest absolute Gasteiger partial charge is 0.513 e. The van der Waals surface area contributed by atoms with Gasteiger partial charge in [0.05, 0.1) is 24.9 Å². The molecule has 3 atom stereocenters. The maximum atomic E-state index is 14.0. The van der Waals surface area contributed by atoms with Crippen molar-refractivity contribution in [2.75, 3.05) is 20.2 Å². The Morgan fingerprint density at radius 3 is 2.65 bits per heavy atom. The molecule has 1 saturated heterocycles. The highest BCUT2D eigenvalue weighted by molar-refractivity contribution is 5.90. The Kier molecular flexibility index (Phi) is 6.31. The third-order valence-corrected chi connectivity index (χ3v) is 6.68. The van der Waals surface area contributed by atoms with Gasteiger partial charge in [-0.2, -0.15) is 0 Å². The zero-order valence-corrected chi connectivity index (χ0v) is 20.3. The highest BCUT2D eigenvalue weighted by atomic mass is 16.7. The highest BCUT2D eigenvalue weighted by Crippen LogP contribution is 2.48. The molecule has 0 bridgehead atoms. The van der Waals surface area contributed by atoms with E-state index in [0.717, 1.165) is 28.4 Å². The Labute approximate surface area is 199 Å². The van der Waals surface area contributed by atoms with Crippen molar-refractivity contribution in [3.8, 4) is 0 Å². The Morgan fingerprint density at radius 1 is 1.24 bits per heavy atom. The van der Waals surface area contributed by atoms with Gasteiger partial charge in [0.2, 0.25) is 0 Å². The fourth-order valence-corrected chi connectivity index (χ4v) is 5.16. The first-order valence-corrected chi connectivity index (χ1v) is 11.6. The van der Waals surface area contributed by atoms with Gasteiger partial charge in [-0.15, -0.1) is 0 Å². The summed E-state index contributed by atoms with van der Waals surface area (Å²) < 4.78 is 15.0. The summed E-state index contributed by atoms with van der Waals surface area (Å²) in [6, 6.07) is 7.68. The molecule has 182 valence electrons. The van der Waals surface area contributed by atoms with Crippen molar-refractivity contribution in [1.29, 1.82) is 0 Å². The number of ether oxygens (including phenoxy) is 3. The molecule has 2 aromatic rings. The molecular formula is C26H32N2O6. The van der Waals surface area contributed by atoms with Gasteiger partial charge in [0.1, 0.15) is 24.4 Å². The van der Waals surface area contributed by atoms with E-state index in [0.29, 0.717) is 19.4 Å². The number of nitrogens with one attached hydrogen (secondary N) is 1. The SMILES string of the molecule is C/C=C1\C[N+]2([O-])CCc3c([nH]c4ccccc34)[C@@H]2C[C@@H]1/C(=C/OC(=O)OC(C)(C)C)C(=O)OC. The molecule has 8 heteroatoms. The van der Waals surface area contributed by atoms with Gasteiger partial charge in [0.15, 0.2) is 0 Å². The second-order valence-electron chi connectivity index (χ2n) is 9.96. The maximum Gasteiger partial charge on any atom is 0.513 e. The maximum absolute atomic E-state index is 14.0. The van der Waals surface area contributed by atoms with Crippen LogP contribution in [0.4, 0.5) is 4.79 Å². The summed E-state index contributed by atoms with van der Waals surface area (Å²) in [5, 5.41) is 15.1. The molecule has 34 heavy (non-hydrogen) atoms. The van der Waals surface area contributed by atoms with Gasteiger partial charge in [-0.3, -0.25) is 0 Å². The van der Waals surface area contributed by atoms with E-state index >= 15 is 0 Å². The number of carbonyl (C=O) groups is 2. The van der Waals surface area contributed by atoms with E-state index in [9.17, 15) is 14.8 Å². The van der Waals surface area contributed by atoms with E-state index in [-0.39, 0.29) is 22.8 Å². The number of benzene rings is 1. The zero-order valence-electron chi connectivity index (χ0n) is 20.3. The Bertz CT molecular complexity index is 1170. The molecule has 2 aliphatic heterocycles. The predicted octanol–water partition coefficient (Wildman–Crippen LogP) is 5.05. The Hall–Kier alpha value is -3.10. The molecule has 0 aliphatic carbocycles. The summed E-state index contributed by atoms with van der Waals surface area (Å²) in [4.78, 5) is 28.4. The van der Waals surface area contributed by atoms with E-state index in [1.807, 2.05) is 31.2 Å². The predicted molar refractivity (Wildman–Crippen MR) is 127 cm³/mol. The minimum absolute atomic E-state index is 0.191. The molecule has 0 spiro atoms. The molecule has 4 rings (SSSR count). The van der Waals surface area contributed by atoms with Crippen LogP contribution in [0.1, 0.15) is 51.4 Å². The van der Waals surface area contributed by atoms with Gasteiger partial charge in [-0.05, 0) is 44.9 Å². The van der Waals surface area contributed by atoms with Gasteiger partial charge < -0.3 is 29.0 Å². The van der Waals surface area contributed by atoms with Gasteiger partial charge in [-0.1, -0.05) is 24.3 Å². The number of piperidine rings is 1. The van der Waals surface area contributed by atoms with E-state index in [1.54, 1.807) is 20.8 Å². The van der Waals surface area contributed by atoms with Crippen molar-refractivity contribution < 1.29 is 28.4 Å². The van der Waals surface area contributed by atoms with Crippen molar-refractivity contribution in [2.45, 2.75) is 52.2 Å². The first-order chi connectivity index (χ1) is 16.1. The molecular weight excluding hydrogens is 436 g/mol. The molecule has 1 aromatic heterocycles. The third kappa shape index (κ3) is 4.48. The number of allylic oxidation sites excluding steroid dienone is 1. The third-order valence-electron chi connectivity index (χ3n) is 6.68. The van der Waals surface area contributed by atoms with Gasteiger partial charge in [0, 0.05) is 29.7 Å². The lowest BCUT2D eigenvalue weighted by Crippen LogP contribution is -2.55. The van der Waals surface area contributed by atoms with Gasteiger partial charge in [-0.25, -0.2) is 9.59 Å². The summed E-state index contributed by atoms with van der Waals surface area (Å²) in [6.45, 7) is 7.76. The van der Waals surface area contributed by atoms with E-state index in [1.165, 1.54) is 12.7 Å². The lowest BCUT2D eigenvalue weighted by Gasteiger charge is -2.55. The van der Waals surface area contributed by atoms with Gasteiger partial charge in [0.25, 0.3) is 0 Å². The fraction of sp³-hybridized carbons (Fsp3) is 0.462. The van der Waals surface area contributed by atoms with Crippen LogP contribution in [-0.2, 0) is 25.4 Å². The molecule has 2 aliphatic rings. The van der Waals surface area contributed by atoms with Crippen molar-refractivity contribution in [3.63, 3.8) is 0 Å². The second-order valence-corrected chi connectivity index (χ2v) is 9.96. The summed E-state index contributed by atoms with van der Waals surface area (Å²) in [5.41, 5.74) is 3.39. The van der Waals surface area contributed by atoms with Crippen LogP contribution in [0, 0.1) is 11.1 Å². The van der Waals surface area contributed by atoms with Crippen LogP contribution >= 0.6 is 0 Å². The van der Waals surface area contributed by atoms with Crippen LogP contribution in [0.5, 0.6) is 0 Å². The molecule has 1 fully saturated rings. The van der Waals surface area contributed by atoms with Crippen LogP contribution in [0.25, 0.3) is 10.9 Å². The van der Waals surface area contributed by atoms with Crippen LogP contribution < -0.4 is 0 Å². The van der Waals surface area contributed by atoms with Gasteiger partial charge >= 0.3 is 12.1 Å². The highest BCUT2D eigenvalue weighted by Gasteiger charge is 2.47. The number of esters is 1.